The van der Waals surface area contributed by atoms with Crippen LogP contribution in [-0.4, -0.2) is 29.3 Å². The smallest absolute Gasteiger partial charge is 0.220 e. The Balaban J connectivity index is 2.67. The summed E-state index contributed by atoms with van der Waals surface area (Å²) in [6.07, 6.45) is 0. The number of nitrogen functional groups attached to an aromatic ring is 1. The topological polar surface area (TPSA) is 90.5 Å². The highest BCUT2D eigenvalue weighted by Gasteiger charge is 2.36. The summed E-state index contributed by atoms with van der Waals surface area (Å²) in [5.74, 6) is -0.542. The third-order valence-corrected chi connectivity index (χ3v) is 3.49. The Labute approximate surface area is 131 Å². The minimum Gasteiger partial charge on any atom is -0.481 e. The van der Waals surface area contributed by atoms with E-state index in [1.165, 1.54) is 33.3 Å². The summed E-state index contributed by atoms with van der Waals surface area (Å²) in [6.45, 7) is 1.31. The van der Waals surface area contributed by atoms with Gasteiger partial charge in [-0.3, -0.25) is 0 Å². The van der Waals surface area contributed by atoms with Crippen LogP contribution in [0.3, 0.4) is 0 Å². The molecule has 8 heteroatoms. The third kappa shape index (κ3) is 2.77. The van der Waals surface area contributed by atoms with E-state index in [-0.39, 0.29) is 33.9 Å². The van der Waals surface area contributed by atoms with Gasteiger partial charge in [0.05, 0.1) is 36.6 Å². The molecule has 0 bridgehead atoms. The van der Waals surface area contributed by atoms with Crippen molar-refractivity contribution in [2.75, 3.05) is 20.0 Å². The molecule has 0 aliphatic rings. The molecule has 0 aliphatic heterocycles. The number of aliphatic hydroxyl groups is 1. The van der Waals surface area contributed by atoms with Gasteiger partial charge in [0.2, 0.25) is 11.8 Å². The summed E-state index contributed by atoms with van der Waals surface area (Å²) in [5, 5.41) is 10.9. The lowest BCUT2D eigenvalue weighted by molar-refractivity contribution is 0.0871. The Morgan fingerprint density at radius 3 is 2.27 bits per heavy atom. The molecule has 118 valence electrons. The fraction of sp³-hybridized carbons (Fsp3) is 0.286. The quantitative estimate of drug-likeness (QED) is 0.836. The maximum atomic E-state index is 14.2. The minimum atomic E-state index is -1.93. The Morgan fingerprint density at radius 1 is 1.23 bits per heavy atom. The molecule has 3 N–H and O–H groups in total. The van der Waals surface area contributed by atoms with Gasteiger partial charge >= 0.3 is 0 Å². The molecule has 2 aromatic rings. The van der Waals surface area contributed by atoms with E-state index in [0.717, 1.165) is 6.07 Å². The van der Waals surface area contributed by atoms with Gasteiger partial charge in [-0.25, -0.2) is 4.39 Å². The molecule has 0 amide bonds. The zero-order chi connectivity index (χ0) is 16.5. The number of nitrogens with two attached hydrogens (primary N) is 1. The number of ether oxygens (including phenoxy) is 2. The summed E-state index contributed by atoms with van der Waals surface area (Å²) in [5.41, 5.74) is 3.57. The van der Waals surface area contributed by atoms with Gasteiger partial charge in [-0.2, -0.15) is 9.97 Å². The summed E-state index contributed by atoms with van der Waals surface area (Å²) in [6, 6.07) is 3.84. The predicted molar refractivity (Wildman–Crippen MR) is 79.6 cm³/mol. The van der Waals surface area contributed by atoms with Gasteiger partial charge in [-0.15, -0.1) is 0 Å². The SMILES string of the molecule is COc1cc(OC)nc(C(C)(O)c2c(F)ccc(Cl)c2N)n1. The molecule has 0 spiro atoms. The zero-order valence-corrected chi connectivity index (χ0v) is 13.0. The lowest BCUT2D eigenvalue weighted by atomic mass is 9.92. The van der Waals surface area contributed by atoms with Crippen LogP contribution in [0.1, 0.15) is 18.3 Å². The van der Waals surface area contributed by atoms with Crippen molar-refractivity contribution >= 4 is 17.3 Å². The number of anilines is 1. The van der Waals surface area contributed by atoms with E-state index in [0.29, 0.717) is 0 Å². The number of rotatable bonds is 4. The molecular formula is C14H15ClFN3O3. The van der Waals surface area contributed by atoms with Crippen molar-refractivity contribution in [2.45, 2.75) is 12.5 Å². The van der Waals surface area contributed by atoms with Crippen LogP contribution in [0.5, 0.6) is 11.8 Å². The zero-order valence-electron chi connectivity index (χ0n) is 12.2. The number of hydrogen-bond acceptors (Lipinski definition) is 6. The summed E-state index contributed by atoms with van der Waals surface area (Å²) in [4.78, 5) is 8.06. The Kier molecular flexibility index (Phi) is 4.39. The summed E-state index contributed by atoms with van der Waals surface area (Å²) in [7, 11) is 2.79. The molecule has 2 rings (SSSR count). The lowest BCUT2D eigenvalue weighted by Crippen LogP contribution is -2.29. The van der Waals surface area contributed by atoms with Crippen molar-refractivity contribution in [2.24, 2.45) is 0 Å². The van der Waals surface area contributed by atoms with E-state index in [2.05, 4.69) is 9.97 Å². The first-order chi connectivity index (χ1) is 10.3. The highest BCUT2D eigenvalue weighted by molar-refractivity contribution is 6.33. The van der Waals surface area contributed by atoms with E-state index in [1.807, 2.05) is 0 Å². The second-order valence-electron chi connectivity index (χ2n) is 4.67. The first kappa shape index (κ1) is 16.3. The van der Waals surface area contributed by atoms with E-state index in [9.17, 15) is 9.50 Å². The molecule has 0 radical (unpaired) electrons. The molecule has 1 aromatic carbocycles. The van der Waals surface area contributed by atoms with Crippen LogP contribution in [0.2, 0.25) is 5.02 Å². The van der Waals surface area contributed by atoms with E-state index in [4.69, 9.17) is 26.8 Å². The molecule has 6 nitrogen and oxygen atoms in total. The van der Waals surface area contributed by atoms with Gasteiger partial charge in [0, 0.05) is 0 Å². The largest absolute Gasteiger partial charge is 0.481 e. The van der Waals surface area contributed by atoms with Crippen molar-refractivity contribution in [3.8, 4) is 11.8 Å². The minimum absolute atomic E-state index is 0.0861. The van der Waals surface area contributed by atoms with Crippen LogP contribution in [0, 0.1) is 5.82 Å². The Morgan fingerprint density at radius 2 is 1.77 bits per heavy atom. The maximum Gasteiger partial charge on any atom is 0.220 e. The van der Waals surface area contributed by atoms with Gasteiger partial charge in [-0.1, -0.05) is 11.6 Å². The standard InChI is InChI=1S/C14H15ClFN3O3/c1-14(20,11-8(16)5-4-7(15)12(11)17)13-18-9(21-2)6-10(19-13)22-3/h4-6,20H,17H2,1-3H3. The third-order valence-electron chi connectivity index (χ3n) is 3.16. The fourth-order valence-corrected chi connectivity index (χ4v) is 2.16. The first-order valence-corrected chi connectivity index (χ1v) is 6.63. The van der Waals surface area contributed by atoms with E-state index < -0.39 is 11.4 Å². The molecule has 0 saturated carbocycles. The van der Waals surface area contributed by atoms with E-state index >= 15 is 0 Å². The number of hydrogen-bond donors (Lipinski definition) is 2. The van der Waals surface area contributed by atoms with Crippen LogP contribution in [0.4, 0.5) is 10.1 Å². The van der Waals surface area contributed by atoms with Gasteiger partial charge in [0.1, 0.15) is 5.82 Å². The molecule has 1 unspecified atom stereocenters. The summed E-state index contributed by atoms with van der Waals surface area (Å²) >= 11 is 5.90. The molecular weight excluding hydrogens is 313 g/mol. The van der Waals surface area contributed by atoms with Crippen molar-refractivity contribution < 1.29 is 19.0 Å². The second-order valence-corrected chi connectivity index (χ2v) is 5.07. The summed E-state index contributed by atoms with van der Waals surface area (Å²) < 4.78 is 24.2. The maximum absolute atomic E-state index is 14.2. The van der Waals surface area contributed by atoms with E-state index in [1.54, 1.807) is 0 Å². The molecule has 1 aromatic heterocycles. The highest BCUT2D eigenvalue weighted by atomic mass is 35.5. The highest BCUT2D eigenvalue weighted by Crippen LogP contribution is 2.37. The monoisotopic (exact) mass is 327 g/mol. The van der Waals surface area contributed by atoms with Crippen LogP contribution >= 0.6 is 11.6 Å². The normalized spacial score (nSPS) is 13.5. The molecule has 0 fully saturated rings. The van der Waals surface area contributed by atoms with Crippen LogP contribution < -0.4 is 15.2 Å². The second kappa shape index (κ2) is 5.94. The predicted octanol–water partition coefficient (Wildman–Crippen LogP) is 2.12. The molecule has 1 heterocycles. The van der Waals surface area contributed by atoms with Gasteiger partial charge in [0.15, 0.2) is 11.4 Å². The average Bonchev–Trinajstić information content (AvgIpc) is 2.50. The molecule has 0 aliphatic carbocycles. The fourth-order valence-electron chi connectivity index (χ4n) is 2.00. The van der Waals surface area contributed by atoms with Crippen molar-refractivity contribution in [1.82, 2.24) is 9.97 Å². The Hall–Kier alpha value is -2.12. The van der Waals surface area contributed by atoms with Crippen LogP contribution in [0.25, 0.3) is 0 Å². The number of nitrogens with zero attached hydrogens (tertiary/aromatic N) is 2. The van der Waals surface area contributed by atoms with Crippen LogP contribution in [-0.2, 0) is 5.60 Å². The van der Waals surface area contributed by atoms with Gasteiger partial charge in [-0.05, 0) is 19.1 Å². The molecule has 1 atom stereocenters. The lowest BCUT2D eigenvalue weighted by Gasteiger charge is -2.25. The molecule has 22 heavy (non-hydrogen) atoms. The molecule has 0 saturated heterocycles. The number of halogens is 2. The van der Waals surface area contributed by atoms with Crippen molar-refractivity contribution in [1.29, 1.82) is 0 Å². The number of methoxy groups -OCH3 is 2. The average molecular weight is 328 g/mol. The number of benzene rings is 1. The van der Waals surface area contributed by atoms with Crippen molar-refractivity contribution in [3.63, 3.8) is 0 Å². The van der Waals surface area contributed by atoms with Gasteiger partial charge in [0.25, 0.3) is 0 Å². The number of aromatic nitrogens is 2. The first-order valence-electron chi connectivity index (χ1n) is 6.25. The Bertz CT molecular complexity index is 688. The van der Waals surface area contributed by atoms with Gasteiger partial charge < -0.3 is 20.3 Å². The van der Waals surface area contributed by atoms with Crippen LogP contribution in [0.15, 0.2) is 18.2 Å². The van der Waals surface area contributed by atoms with Crippen molar-refractivity contribution in [3.05, 3.63) is 40.4 Å².